The molecule has 0 aromatic heterocycles. The second-order valence-electron chi connectivity index (χ2n) is 5.51. The summed E-state index contributed by atoms with van der Waals surface area (Å²) in [6.07, 6.45) is 1.14. The summed E-state index contributed by atoms with van der Waals surface area (Å²) < 4.78 is 12.7. The molecule has 1 heterocycles. The first-order valence-corrected chi connectivity index (χ1v) is 7.83. The van der Waals surface area contributed by atoms with E-state index in [0.29, 0.717) is 13.0 Å². The van der Waals surface area contributed by atoms with Gasteiger partial charge >= 0.3 is 0 Å². The van der Waals surface area contributed by atoms with Crippen LogP contribution >= 0.6 is 0 Å². The number of amides is 1. The summed E-state index contributed by atoms with van der Waals surface area (Å²) in [6.45, 7) is 5.21. The molecule has 1 saturated heterocycles. The highest BCUT2D eigenvalue weighted by atomic mass is 19.1. The fourth-order valence-electron chi connectivity index (χ4n) is 2.56. The van der Waals surface area contributed by atoms with E-state index in [2.05, 4.69) is 22.3 Å². The topological polar surface area (TPSA) is 52.6 Å². The van der Waals surface area contributed by atoms with E-state index >= 15 is 0 Å². The molecule has 22 heavy (non-hydrogen) atoms. The number of carbonyl (C=O) groups excluding carboxylic acids is 1. The molecule has 1 aromatic carbocycles. The third-order valence-electron chi connectivity index (χ3n) is 3.64. The first-order chi connectivity index (χ1) is 10.6. The Morgan fingerprint density at radius 3 is 2.59 bits per heavy atom. The van der Waals surface area contributed by atoms with Crippen molar-refractivity contribution < 1.29 is 14.3 Å². The van der Waals surface area contributed by atoms with E-state index in [1.165, 1.54) is 12.5 Å². The Morgan fingerprint density at radius 1 is 1.41 bits per heavy atom. The summed E-state index contributed by atoms with van der Waals surface area (Å²) in [4.78, 5) is 12.0. The van der Waals surface area contributed by atoms with Crippen LogP contribution in [0.1, 0.15) is 25.8 Å². The molecule has 124 valence electrons. The van der Waals surface area contributed by atoms with Gasteiger partial charge < -0.3 is 10.4 Å². The molecule has 2 N–H and O–H groups in total. The number of carbonyl (C=O) groups is 1. The highest BCUT2D eigenvalue weighted by Crippen LogP contribution is 2.18. The van der Waals surface area contributed by atoms with Crippen molar-refractivity contribution in [2.45, 2.75) is 38.8 Å². The minimum Gasteiger partial charge on any atom is -0.392 e. The molecule has 1 fully saturated rings. The molecule has 0 aliphatic carbocycles. The van der Waals surface area contributed by atoms with E-state index in [0.717, 1.165) is 19.5 Å². The van der Waals surface area contributed by atoms with E-state index in [1.54, 1.807) is 0 Å². The summed E-state index contributed by atoms with van der Waals surface area (Å²) in [5.41, 5.74) is 1.27. The molecule has 1 aliphatic heterocycles. The van der Waals surface area contributed by atoms with Crippen molar-refractivity contribution in [2.24, 2.45) is 0 Å². The maximum absolute atomic E-state index is 12.7. The third-order valence-corrected chi connectivity index (χ3v) is 3.64. The highest BCUT2D eigenvalue weighted by molar-refractivity contribution is 5.72. The SMILES string of the molecule is CCNC(C)=O.OC1CC(CF)N(CCc2ccccc2)C1. The zero-order valence-corrected chi connectivity index (χ0v) is 13.5. The van der Waals surface area contributed by atoms with Crippen molar-refractivity contribution >= 4 is 5.91 Å². The second-order valence-corrected chi connectivity index (χ2v) is 5.51. The zero-order valence-electron chi connectivity index (χ0n) is 13.5. The zero-order chi connectivity index (χ0) is 16.4. The number of nitrogens with one attached hydrogen (secondary N) is 1. The Bertz CT molecular complexity index is 428. The number of alkyl halides is 1. The second kappa shape index (κ2) is 10.3. The maximum atomic E-state index is 12.7. The first kappa shape index (κ1) is 18.6. The Hall–Kier alpha value is -1.46. The number of benzene rings is 1. The molecule has 4 nitrogen and oxygen atoms in total. The van der Waals surface area contributed by atoms with Gasteiger partial charge in [0.15, 0.2) is 0 Å². The predicted molar refractivity (Wildman–Crippen MR) is 86.5 cm³/mol. The fraction of sp³-hybridized carbons (Fsp3) is 0.588. The normalized spacial score (nSPS) is 21.1. The van der Waals surface area contributed by atoms with Gasteiger partial charge in [0.25, 0.3) is 0 Å². The van der Waals surface area contributed by atoms with E-state index < -0.39 is 0 Å². The number of aliphatic hydroxyl groups is 1. The molecule has 0 spiro atoms. The van der Waals surface area contributed by atoms with Crippen LogP contribution < -0.4 is 5.32 Å². The van der Waals surface area contributed by atoms with Crippen LogP contribution in [0.15, 0.2) is 30.3 Å². The van der Waals surface area contributed by atoms with E-state index in [9.17, 15) is 14.3 Å². The van der Waals surface area contributed by atoms with Gasteiger partial charge in [-0.15, -0.1) is 0 Å². The van der Waals surface area contributed by atoms with Crippen LogP contribution in [-0.2, 0) is 11.2 Å². The maximum Gasteiger partial charge on any atom is 0.216 e. The summed E-state index contributed by atoms with van der Waals surface area (Å²) in [5, 5.41) is 12.1. The summed E-state index contributed by atoms with van der Waals surface area (Å²) in [5.74, 6) is 0.0394. The smallest absolute Gasteiger partial charge is 0.216 e. The number of likely N-dealkylation sites (tertiary alicyclic amines) is 1. The number of β-amino-alcohol motifs (C(OH)–C–C–N with tert-alkyl or cyclic N) is 1. The number of nitrogens with zero attached hydrogens (tertiary/aromatic N) is 1. The number of hydrogen-bond donors (Lipinski definition) is 2. The van der Waals surface area contributed by atoms with Gasteiger partial charge in [-0.1, -0.05) is 30.3 Å². The molecule has 0 radical (unpaired) electrons. The van der Waals surface area contributed by atoms with E-state index in [1.807, 2.05) is 25.1 Å². The predicted octanol–water partition coefficient (Wildman–Crippen LogP) is 1.78. The van der Waals surface area contributed by atoms with Gasteiger partial charge in [-0.05, 0) is 25.3 Å². The first-order valence-electron chi connectivity index (χ1n) is 7.83. The number of halogens is 1. The molecule has 5 heteroatoms. The Labute approximate surface area is 132 Å². The molecule has 0 saturated carbocycles. The van der Waals surface area contributed by atoms with Crippen LogP contribution in [0.25, 0.3) is 0 Å². The van der Waals surface area contributed by atoms with Crippen molar-refractivity contribution in [3.05, 3.63) is 35.9 Å². The highest BCUT2D eigenvalue weighted by Gasteiger charge is 2.30. The number of aliphatic hydroxyl groups excluding tert-OH is 1. The third kappa shape index (κ3) is 7.00. The molecule has 2 atom stereocenters. The molecule has 2 rings (SSSR count). The van der Waals surface area contributed by atoms with Crippen LogP contribution in [0.3, 0.4) is 0 Å². The molecule has 1 aromatic rings. The standard InChI is InChI=1S/C13H18FNO.C4H9NO/c14-9-12-8-13(16)10-15(12)7-6-11-4-2-1-3-5-11;1-3-5-4(2)6/h1-5,12-13,16H,6-10H2;3H2,1-2H3,(H,5,6). The average molecular weight is 310 g/mol. The van der Waals surface area contributed by atoms with Crippen LogP contribution in [0.5, 0.6) is 0 Å². The fourth-order valence-corrected chi connectivity index (χ4v) is 2.56. The number of rotatable bonds is 5. The van der Waals surface area contributed by atoms with Crippen molar-refractivity contribution in [1.82, 2.24) is 10.2 Å². The van der Waals surface area contributed by atoms with Crippen molar-refractivity contribution in [3.8, 4) is 0 Å². The molecular weight excluding hydrogens is 283 g/mol. The molecule has 1 aliphatic rings. The Balaban J connectivity index is 0.000000346. The van der Waals surface area contributed by atoms with Crippen LogP contribution in [-0.4, -0.2) is 54.4 Å². The van der Waals surface area contributed by atoms with Gasteiger partial charge in [-0.25, -0.2) is 4.39 Å². The van der Waals surface area contributed by atoms with Crippen molar-refractivity contribution in [1.29, 1.82) is 0 Å². The molecule has 1 amide bonds. The summed E-state index contributed by atoms with van der Waals surface area (Å²) in [7, 11) is 0. The lowest BCUT2D eigenvalue weighted by Gasteiger charge is -2.21. The minimum atomic E-state index is -0.355. The average Bonchev–Trinajstić information content (AvgIpc) is 2.87. The van der Waals surface area contributed by atoms with Crippen molar-refractivity contribution in [3.63, 3.8) is 0 Å². The Kier molecular flexibility index (Phi) is 8.70. The van der Waals surface area contributed by atoms with Gasteiger partial charge in [0.1, 0.15) is 6.67 Å². The lowest BCUT2D eigenvalue weighted by molar-refractivity contribution is -0.118. The van der Waals surface area contributed by atoms with Gasteiger partial charge in [0.05, 0.1) is 6.10 Å². The summed E-state index contributed by atoms with van der Waals surface area (Å²) in [6, 6.07) is 10.1. The van der Waals surface area contributed by atoms with Gasteiger partial charge in [0, 0.05) is 32.6 Å². The van der Waals surface area contributed by atoms with Gasteiger partial charge in [0.2, 0.25) is 5.91 Å². The molecule has 0 bridgehead atoms. The number of hydrogen-bond acceptors (Lipinski definition) is 3. The lowest BCUT2D eigenvalue weighted by Crippen LogP contribution is -2.33. The quantitative estimate of drug-likeness (QED) is 0.871. The van der Waals surface area contributed by atoms with Crippen LogP contribution in [0, 0.1) is 0 Å². The molecule has 2 unspecified atom stereocenters. The monoisotopic (exact) mass is 310 g/mol. The largest absolute Gasteiger partial charge is 0.392 e. The Morgan fingerprint density at radius 2 is 2.09 bits per heavy atom. The van der Waals surface area contributed by atoms with E-state index in [-0.39, 0.29) is 24.7 Å². The lowest BCUT2D eigenvalue weighted by atomic mass is 10.1. The van der Waals surface area contributed by atoms with Crippen LogP contribution in [0.2, 0.25) is 0 Å². The molecular formula is C17H27FN2O2. The van der Waals surface area contributed by atoms with Gasteiger partial charge in [-0.3, -0.25) is 9.69 Å². The van der Waals surface area contributed by atoms with Gasteiger partial charge in [-0.2, -0.15) is 0 Å². The van der Waals surface area contributed by atoms with Crippen LogP contribution in [0.4, 0.5) is 4.39 Å². The minimum absolute atomic E-state index is 0.0394. The summed E-state index contributed by atoms with van der Waals surface area (Å²) >= 11 is 0. The van der Waals surface area contributed by atoms with Crippen molar-refractivity contribution in [2.75, 3.05) is 26.3 Å². The van der Waals surface area contributed by atoms with E-state index in [4.69, 9.17) is 0 Å².